The van der Waals surface area contributed by atoms with Crippen LogP contribution in [0.4, 0.5) is 0 Å². The fourth-order valence-corrected chi connectivity index (χ4v) is 1.75. The molecule has 2 unspecified atom stereocenters. The van der Waals surface area contributed by atoms with E-state index in [0.29, 0.717) is 5.57 Å². The van der Waals surface area contributed by atoms with E-state index in [-0.39, 0.29) is 6.42 Å². The Hall–Kier alpha value is -1.42. The zero-order valence-corrected chi connectivity index (χ0v) is 8.73. The van der Waals surface area contributed by atoms with Crippen LogP contribution in [0.1, 0.15) is 20.3 Å². The van der Waals surface area contributed by atoms with Gasteiger partial charge in [-0.3, -0.25) is 9.59 Å². The summed E-state index contributed by atoms with van der Waals surface area (Å²) in [7, 11) is 0. The summed E-state index contributed by atoms with van der Waals surface area (Å²) < 4.78 is 0. The first-order valence-electron chi connectivity index (χ1n) is 4.78. The number of Topliss-reactive ketones (excluding diaryl/α,β-unsaturated/α-hetero) is 1. The van der Waals surface area contributed by atoms with Gasteiger partial charge in [0.15, 0.2) is 11.4 Å². The molecule has 82 valence electrons. The van der Waals surface area contributed by atoms with Crippen LogP contribution in [0.2, 0.25) is 0 Å². The van der Waals surface area contributed by atoms with Crippen LogP contribution in [0.5, 0.6) is 0 Å². The third kappa shape index (κ3) is 1.72. The molecule has 1 aliphatic rings. The molecule has 0 saturated carbocycles. The number of hydrogen-bond donors (Lipinski definition) is 2. The van der Waals surface area contributed by atoms with Crippen LogP contribution >= 0.6 is 0 Å². The van der Waals surface area contributed by atoms with Gasteiger partial charge in [-0.1, -0.05) is 25.2 Å². The molecule has 0 fully saturated rings. The molecule has 1 rings (SSSR count). The molecule has 2 N–H and O–H groups in total. The number of aliphatic carboxylic acids is 1. The van der Waals surface area contributed by atoms with Crippen molar-refractivity contribution in [3.63, 3.8) is 0 Å². The van der Waals surface area contributed by atoms with Gasteiger partial charge < -0.3 is 10.2 Å². The summed E-state index contributed by atoms with van der Waals surface area (Å²) in [6.45, 7) is 3.16. The maximum absolute atomic E-state index is 11.6. The molecule has 0 bridgehead atoms. The Morgan fingerprint density at radius 2 is 2.13 bits per heavy atom. The van der Waals surface area contributed by atoms with Crippen LogP contribution in [0.3, 0.4) is 0 Å². The van der Waals surface area contributed by atoms with E-state index < -0.39 is 23.3 Å². The third-order valence-corrected chi connectivity index (χ3v) is 2.71. The molecule has 0 aromatic carbocycles. The summed E-state index contributed by atoms with van der Waals surface area (Å²) in [4.78, 5) is 22.6. The molecule has 0 heterocycles. The Morgan fingerprint density at radius 1 is 1.53 bits per heavy atom. The maximum atomic E-state index is 11.6. The summed E-state index contributed by atoms with van der Waals surface area (Å²) in [5.41, 5.74) is -1.50. The molecule has 0 saturated heterocycles. The minimum atomic E-state index is -1.88. The number of carbonyl (C=O) groups excluding carboxylic acids is 1. The standard InChI is InChI=1S/C11H14O4/c1-3-9(12)11(15)7(2)5-4-6-8(11)10(13)14/h4-6,8,15H,3H2,1-2H3,(H,13,14). The van der Waals surface area contributed by atoms with E-state index in [1.54, 1.807) is 26.0 Å². The first-order chi connectivity index (χ1) is 6.94. The highest BCUT2D eigenvalue weighted by Crippen LogP contribution is 2.32. The summed E-state index contributed by atoms with van der Waals surface area (Å²) >= 11 is 0. The number of carboxylic acid groups (broad SMARTS) is 1. The topological polar surface area (TPSA) is 74.6 Å². The zero-order valence-electron chi connectivity index (χ0n) is 8.73. The molecule has 15 heavy (non-hydrogen) atoms. The molecule has 4 heteroatoms. The van der Waals surface area contributed by atoms with Crippen molar-refractivity contribution in [2.24, 2.45) is 5.92 Å². The van der Waals surface area contributed by atoms with Crippen molar-refractivity contribution >= 4 is 11.8 Å². The van der Waals surface area contributed by atoms with Crippen LogP contribution in [0, 0.1) is 5.92 Å². The highest BCUT2D eigenvalue weighted by molar-refractivity contribution is 5.96. The Balaban J connectivity index is 3.20. The van der Waals surface area contributed by atoms with Gasteiger partial charge in [0.2, 0.25) is 0 Å². The molecule has 0 aliphatic heterocycles. The number of carboxylic acids is 1. The van der Waals surface area contributed by atoms with E-state index >= 15 is 0 Å². The molecule has 0 spiro atoms. The first kappa shape index (κ1) is 11.7. The van der Waals surface area contributed by atoms with Crippen LogP contribution < -0.4 is 0 Å². The van der Waals surface area contributed by atoms with Crippen molar-refractivity contribution in [1.82, 2.24) is 0 Å². The highest BCUT2D eigenvalue weighted by atomic mass is 16.4. The second-order valence-electron chi connectivity index (χ2n) is 3.59. The molecular weight excluding hydrogens is 196 g/mol. The summed E-state index contributed by atoms with van der Waals surface area (Å²) in [5.74, 6) is -2.84. The lowest BCUT2D eigenvalue weighted by Crippen LogP contribution is -2.50. The minimum absolute atomic E-state index is 0.110. The van der Waals surface area contributed by atoms with Crippen molar-refractivity contribution in [2.45, 2.75) is 25.9 Å². The number of allylic oxidation sites excluding steroid dienone is 2. The Labute approximate surface area is 87.9 Å². The van der Waals surface area contributed by atoms with Gasteiger partial charge >= 0.3 is 5.97 Å². The lowest BCUT2D eigenvalue weighted by atomic mass is 9.75. The number of carbonyl (C=O) groups is 2. The van der Waals surface area contributed by atoms with E-state index in [0.717, 1.165) is 0 Å². The van der Waals surface area contributed by atoms with Gasteiger partial charge in [0.25, 0.3) is 0 Å². The smallest absolute Gasteiger partial charge is 0.314 e. The van der Waals surface area contributed by atoms with Crippen molar-refractivity contribution < 1.29 is 19.8 Å². The maximum Gasteiger partial charge on any atom is 0.314 e. The molecule has 1 aliphatic carbocycles. The molecular formula is C11H14O4. The van der Waals surface area contributed by atoms with Gasteiger partial charge in [-0.2, -0.15) is 0 Å². The van der Waals surface area contributed by atoms with E-state index in [9.17, 15) is 14.7 Å². The van der Waals surface area contributed by atoms with Crippen molar-refractivity contribution in [3.8, 4) is 0 Å². The van der Waals surface area contributed by atoms with Crippen molar-refractivity contribution in [2.75, 3.05) is 0 Å². The van der Waals surface area contributed by atoms with Gasteiger partial charge in [0.1, 0.15) is 5.92 Å². The van der Waals surface area contributed by atoms with E-state index in [1.165, 1.54) is 6.08 Å². The van der Waals surface area contributed by atoms with E-state index in [4.69, 9.17) is 5.11 Å². The van der Waals surface area contributed by atoms with Gasteiger partial charge in [-0.15, -0.1) is 0 Å². The second-order valence-corrected chi connectivity index (χ2v) is 3.59. The van der Waals surface area contributed by atoms with E-state index in [1.807, 2.05) is 0 Å². The summed E-state index contributed by atoms with van der Waals surface area (Å²) in [6.07, 6.45) is 4.56. The normalized spacial score (nSPS) is 29.8. The quantitative estimate of drug-likeness (QED) is 0.726. The predicted octanol–water partition coefficient (Wildman–Crippen LogP) is 0.913. The van der Waals surface area contributed by atoms with Gasteiger partial charge in [0.05, 0.1) is 0 Å². The Bertz CT molecular complexity index is 354. The largest absolute Gasteiger partial charge is 0.481 e. The molecule has 0 radical (unpaired) electrons. The number of hydrogen-bond acceptors (Lipinski definition) is 3. The van der Waals surface area contributed by atoms with Crippen LogP contribution in [0.15, 0.2) is 23.8 Å². The van der Waals surface area contributed by atoms with Gasteiger partial charge in [-0.05, 0) is 12.5 Å². The molecule has 0 aromatic heterocycles. The average molecular weight is 210 g/mol. The minimum Gasteiger partial charge on any atom is -0.481 e. The predicted molar refractivity (Wildman–Crippen MR) is 54.3 cm³/mol. The molecule has 0 amide bonds. The summed E-state index contributed by atoms with van der Waals surface area (Å²) in [5, 5.41) is 19.1. The second kappa shape index (κ2) is 3.98. The fourth-order valence-electron chi connectivity index (χ4n) is 1.75. The van der Waals surface area contributed by atoms with Crippen LogP contribution in [-0.2, 0) is 9.59 Å². The number of rotatable bonds is 3. The highest BCUT2D eigenvalue weighted by Gasteiger charge is 2.47. The lowest BCUT2D eigenvalue weighted by molar-refractivity contribution is -0.154. The fraction of sp³-hybridized carbons (Fsp3) is 0.455. The first-order valence-corrected chi connectivity index (χ1v) is 4.78. The molecule has 0 aromatic rings. The van der Waals surface area contributed by atoms with Crippen LogP contribution in [0.25, 0.3) is 0 Å². The van der Waals surface area contributed by atoms with Crippen LogP contribution in [-0.4, -0.2) is 27.6 Å². The van der Waals surface area contributed by atoms with Gasteiger partial charge in [0, 0.05) is 6.42 Å². The molecule has 2 atom stereocenters. The monoisotopic (exact) mass is 210 g/mol. The number of aliphatic hydroxyl groups is 1. The zero-order chi connectivity index (χ0) is 11.6. The van der Waals surface area contributed by atoms with Crippen molar-refractivity contribution in [1.29, 1.82) is 0 Å². The summed E-state index contributed by atoms with van der Waals surface area (Å²) in [6, 6.07) is 0. The lowest BCUT2D eigenvalue weighted by Gasteiger charge is -2.33. The Kier molecular flexibility index (Phi) is 3.09. The van der Waals surface area contributed by atoms with Crippen molar-refractivity contribution in [3.05, 3.63) is 23.8 Å². The average Bonchev–Trinajstić information content (AvgIpc) is 2.20. The third-order valence-electron chi connectivity index (χ3n) is 2.71. The number of ketones is 1. The van der Waals surface area contributed by atoms with Gasteiger partial charge in [-0.25, -0.2) is 0 Å². The SMILES string of the molecule is CCC(=O)C1(O)C(C)=CC=CC1C(=O)O. The van der Waals surface area contributed by atoms with E-state index in [2.05, 4.69) is 0 Å². The molecule has 4 nitrogen and oxygen atoms in total. The Morgan fingerprint density at radius 3 is 2.60 bits per heavy atom.